The van der Waals surface area contributed by atoms with Crippen molar-refractivity contribution in [2.24, 2.45) is 0 Å². The highest BCUT2D eigenvalue weighted by molar-refractivity contribution is 6.31. The topological polar surface area (TPSA) is 78.4 Å². The Morgan fingerprint density at radius 1 is 1.21 bits per heavy atom. The lowest BCUT2D eigenvalue weighted by Crippen LogP contribution is -2.02. The summed E-state index contributed by atoms with van der Waals surface area (Å²) >= 11 is 5.99. The van der Waals surface area contributed by atoms with Crippen LogP contribution in [0.25, 0.3) is 0 Å². The van der Waals surface area contributed by atoms with E-state index in [0.717, 1.165) is 5.56 Å². The van der Waals surface area contributed by atoms with Crippen LogP contribution in [0.5, 0.6) is 5.75 Å². The van der Waals surface area contributed by atoms with E-state index < -0.39 is 4.92 Å². The molecule has 0 saturated heterocycles. The molecule has 0 aliphatic carbocycles. The number of nitrogen functional groups attached to an aromatic ring is 1. The number of anilines is 1. The van der Waals surface area contributed by atoms with Crippen LogP contribution >= 0.6 is 11.6 Å². The molecule has 6 heteroatoms. The van der Waals surface area contributed by atoms with Crippen molar-refractivity contribution < 1.29 is 9.66 Å². The fourth-order valence-corrected chi connectivity index (χ4v) is 1.81. The number of hydrogen-bond acceptors (Lipinski definition) is 4. The van der Waals surface area contributed by atoms with E-state index in [9.17, 15) is 10.1 Å². The minimum absolute atomic E-state index is 0.0710. The number of nitrogens with two attached hydrogens (primary N) is 1. The number of ether oxygens (including phenoxy) is 1. The highest BCUT2D eigenvalue weighted by Crippen LogP contribution is 2.33. The maximum Gasteiger partial charge on any atom is 0.333 e. The van der Waals surface area contributed by atoms with Crippen molar-refractivity contribution in [3.63, 3.8) is 0 Å². The number of nitro groups is 1. The van der Waals surface area contributed by atoms with Gasteiger partial charge in [0, 0.05) is 10.6 Å². The molecule has 0 atom stereocenters. The van der Waals surface area contributed by atoms with Crippen molar-refractivity contribution >= 4 is 23.0 Å². The standard InChI is InChI=1S/C13H11ClN2O3/c14-10-5-2-1-4-9(10)8-19-12-7-3-6-11(15)13(12)16(17)18/h1-7H,8,15H2. The summed E-state index contributed by atoms with van der Waals surface area (Å²) in [6, 6.07) is 11.7. The number of hydrogen-bond donors (Lipinski definition) is 1. The lowest BCUT2D eigenvalue weighted by molar-refractivity contribution is -0.385. The number of nitro benzene ring substituents is 1. The molecule has 5 nitrogen and oxygen atoms in total. The molecule has 0 fully saturated rings. The van der Waals surface area contributed by atoms with Gasteiger partial charge in [0.2, 0.25) is 0 Å². The van der Waals surface area contributed by atoms with Crippen LogP contribution in [0.15, 0.2) is 42.5 Å². The third-order valence-electron chi connectivity index (χ3n) is 2.55. The zero-order valence-corrected chi connectivity index (χ0v) is 10.6. The van der Waals surface area contributed by atoms with Gasteiger partial charge in [0.25, 0.3) is 0 Å². The third kappa shape index (κ3) is 2.95. The van der Waals surface area contributed by atoms with E-state index in [1.807, 2.05) is 6.07 Å². The first-order chi connectivity index (χ1) is 9.09. The highest BCUT2D eigenvalue weighted by Gasteiger charge is 2.19. The highest BCUT2D eigenvalue weighted by atomic mass is 35.5. The minimum atomic E-state index is -0.558. The summed E-state index contributed by atoms with van der Waals surface area (Å²) in [7, 11) is 0. The first-order valence-electron chi connectivity index (χ1n) is 5.48. The summed E-state index contributed by atoms with van der Waals surface area (Å²) in [5.74, 6) is 0.130. The molecule has 0 aromatic heterocycles. The molecule has 2 aromatic rings. The van der Waals surface area contributed by atoms with E-state index in [-0.39, 0.29) is 23.7 Å². The van der Waals surface area contributed by atoms with Crippen LogP contribution in [0.3, 0.4) is 0 Å². The molecule has 2 rings (SSSR count). The van der Waals surface area contributed by atoms with Gasteiger partial charge in [-0.2, -0.15) is 0 Å². The Morgan fingerprint density at radius 2 is 1.95 bits per heavy atom. The molecule has 2 N–H and O–H groups in total. The van der Waals surface area contributed by atoms with E-state index in [4.69, 9.17) is 22.1 Å². The largest absolute Gasteiger partial charge is 0.482 e. The van der Waals surface area contributed by atoms with Crippen molar-refractivity contribution in [2.75, 3.05) is 5.73 Å². The predicted molar refractivity (Wildman–Crippen MR) is 73.3 cm³/mol. The second-order valence-corrected chi connectivity index (χ2v) is 4.24. The monoisotopic (exact) mass is 278 g/mol. The van der Waals surface area contributed by atoms with Gasteiger partial charge in [0.05, 0.1) is 4.92 Å². The van der Waals surface area contributed by atoms with Crippen LogP contribution in [0.4, 0.5) is 11.4 Å². The van der Waals surface area contributed by atoms with Crippen molar-refractivity contribution in [3.05, 3.63) is 63.2 Å². The summed E-state index contributed by atoms with van der Waals surface area (Å²) in [6.07, 6.45) is 0. The van der Waals surface area contributed by atoms with Crippen LogP contribution in [0, 0.1) is 10.1 Å². The van der Waals surface area contributed by atoms with Crippen molar-refractivity contribution in [3.8, 4) is 5.75 Å². The van der Waals surface area contributed by atoms with Gasteiger partial charge in [-0.25, -0.2) is 0 Å². The fourth-order valence-electron chi connectivity index (χ4n) is 1.62. The lowest BCUT2D eigenvalue weighted by atomic mass is 10.2. The van der Waals surface area contributed by atoms with Gasteiger partial charge in [0.15, 0.2) is 5.75 Å². The van der Waals surface area contributed by atoms with E-state index in [2.05, 4.69) is 0 Å². The number of benzene rings is 2. The van der Waals surface area contributed by atoms with Gasteiger partial charge in [-0.05, 0) is 18.2 Å². The molecule has 0 radical (unpaired) electrons. The Bertz CT molecular complexity index is 617. The van der Waals surface area contributed by atoms with Gasteiger partial charge in [-0.3, -0.25) is 10.1 Å². The summed E-state index contributed by atoms with van der Waals surface area (Å²) in [4.78, 5) is 10.4. The second kappa shape index (κ2) is 5.58. The van der Waals surface area contributed by atoms with Crippen LogP contribution in [0.2, 0.25) is 5.02 Å². The Kier molecular flexibility index (Phi) is 3.87. The molecule has 98 valence electrons. The van der Waals surface area contributed by atoms with Crippen LogP contribution in [0.1, 0.15) is 5.56 Å². The van der Waals surface area contributed by atoms with E-state index in [1.165, 1.54) is 12.1 Å². The van der Waals surface area contributed by atoms with Crippen LogP contribution in [-0.4, -0.2) is 4.92 Å². The Balaban J connectivity index is 2.23. The first kappa shape index (κ1) is 13.2. The average Bonchev–Trinajstić information content (AvgIpc) is 2.37. The fraction of sp³-hybridized carbons (Fsp3) is 0.0769. The zero-order valence-electron chi connectivity index (χ0n) is 9.88. The second-order valence-electron chi connectivity index (χ2n) is 3.83. The number of rotatable bonds is 4. The molecule has 2 aromatic carbocycles. The molecule has 0 saturated carbocycles. The van der Waals surface area contributed by atoms with Crippen molar-refractivity contribution in [2.45, 2.75) is 6.61 Å². The van der Waals surface area contributed by atoms with Crippen molar-refractivity contribution in [1.82, 2.24) is 0 Å². The molecule has 19 heavy (non-hydrogen) atoms. The van der Waals surface area contributed by atoms with E-state index >= 15 is 0 Å². The van der Waals surface area contributed by atoms with Crippen LogP contribution in [-0.2, 0) is 6.61 Å². The maximum atomic E-state index is 10.9. The van der Waals surface area contributed by atoms with E-state index in [0.29, 0.717) is 5.02 Å². The van der Waals surface area contributed by atoms with Gasteiger partial charge in [0.1, 0.15) is 12.3 Å². The van der Waals surface area contributed by atoms with Gasteiger partial charge >= 0.3 is 5.69 Å². The molecular formula is C13H11ClN2O3. The predicted octanol–water partition coefficient (Wildman–Crippen LogP) is 3.41. The van der Waals surface area contributed by atoms with Gasteiger partial charge < -0.3 is 10.5 Å². The summed E-state index contributed by atoms with van der Waals surface area (Å²) in [5, 5.41) is 11.5. The quantitative estimate of drug-likeness (QED) is 0.528. The molecule has 0 amide bonds. The number of nitrogens with zero attached hydrogens (tertiary/aromatic N) is 1. The van der Waals surface area contributed by atoms with Crippen molar-refractivity contribution in [1.29, 1.82) is 0 Å². The summed E-state index contributed by atoms with van der Waals surface area (Å²) < 4.78 is 5.44. The Hall–Kier alpha value is -2.27. The Morgan fingerprint density at radius 3 is 2.63 bits per heavy atom. The number of halogens is 1. The third-order valence-corrected chi connectivity index (χ3v) is 2.92. The Labute approximate surface area is 114 Å². The molecule has 0 spiro atoms. The molecule has 0 aliphatic rings. The molecule has 0 unspecified atom stereocenters. The molecular weight excluding hydrogens is 268 g/mol. The smallest absolute Gasteiger partial charge is 0.333 e. The van der Waals surface area contributed by atoms with E-state index in [1.54, 1.807) is 24.3 Å². The maximum absolute atomic E-state index is 10.9. The normalized spacial score (nSPS) is 10.2. The molecule has 0 aliphatic heterocycles. The van der Waals surface area contributed by atoms with Crippen LogP contribution < -0.4 is 10.5 Å². The average molecular weight is 279 g/mol. The lowest BCUT2D eigenvalue weighted by Gasteiger charge is -2.09. The van der Waals surface area contributed by atoms with Gasteiger partial charge in [-0.1, -0.05) is 35.9 Å². The summed E-state index contributed by atoms with van der Waals surface area (Å²) in [6.45, 7) is 0.143. The number of para-hydroxylation sites is 1. The minimum Gasteiger partial charge on any atom is -0.482 e. The zero-order chi connectivity index (χ0) is 13.8. The SMILES string of the molecule is Nc1cccc(OCc2ccccc2Cl)c1[N+](=O)[O-]. The molecule has 0 bridgehead atoms. The molecule has 0 heterocycles. The summed E-state index contributed by atoms with van der Waals surface area (Å²) in [5.41, 5.74) is 6.17. The first-order valence-corrected chi connectivity index (χ1v) is 5.86. The van der Waals surface area contributed by atoms with Gasteiger partial charge in [-0.15, -0.1) is 0 Å².